The second-order valence-electron chi connectivity index (χ2n) is 9.35. The molecule has 1 aliphatic heterocycles. The Balaban J connectivity index is 0.000000230. The largest absolute Gasteiger partial charge is 0.346 e. The molecule has 0 bridgehead atoms. The smallest absolute Gasteiger partial charge is 0.150 e. The monoisotopic (exact) mass is 429 g/mol. The number of aromatic amines is 1. The minimum Gasteiger partial charge on any atom is -0.346 e. The topological polar surface area (TPSA) is 66.8 Å². The molecule has 4 heterocycles. The molecule has 32 heavy (non-hydrogen) atoms. The number of rotatable bonds is 4. The summed E-state index contributed by atoms with van der Waals surface area (Å²) in [6, 6.07) is 13.9. The third-order valence-electron chi connectivity index (χ3n) is 6.40. The van der Waals surface area contributed by atoms with Crippen LogP contribution in [-0.4, -0.2) is 50.1 Å². The van der Waals surface area contributed by atoms with Gasteiger partial charge in [0.05, 0.1) is 22.9 Å². The standard InChI is InChI=1S/C18H23N5.C8H8O/c1-18(2)8-13(11-22(18)3)12-23-7-6-16-17(23)5-4-15(21-16)14-9-19-20-10-14;1-7-3-2-4-8(5-7)6-9/h4-7,9-10,13H,8,11-12H2,1-3H3,(H,19,20);2-6H,1H3. The van der Waals surface area contributed by atoms with Crippen LogP contribution in [0.5, 0.6) is 0 Å². The van der Waals surface area contributed by atoms with E-state index in [1.165, 1.54) is 11.9 Å². The van der Waals surface area contributed by atoms with Gasteiger partial charge in [0.1, 0.15) is 6.29 Å². The molecule has 1 atom stereocenters. The summed E-state index contributed by atoms with van der Waals surface area (Å²) in [6.45, 7) is 8.85. The van der Waals surface area contributed by atoms with Crippen molar-refractivity contribution in [2.45, 2.75) is 39.3 Å². The van der Waals surface area contributed by atoms with E-state index in [0.717, 1.165) is 47.3 Å². The molecule has 0 saturated carbocycles. The van der Waals surface area contributed by atoms with E-state index in [1.807, 2.05) is 37.5 Å². The highest BCUT2D eigenvalue weighted by molar-refractivity contribution is 5.79. The predicted molar refractivity (Wildman–Crippen MR) is 129 cm³/mol. The molecule has 166 valence electrons. The maximum absolute atomic E-state index is 10.2. The van der Waals surface area contributed by atoms with Crippen LogP contribution in [0.25, 0.3) is 22.3 Å². The number of H-pyrrole nitrogens is 1. The first-order chi connectivity index (χ1) is 15.4. The van der Waals surface area contributed by atoms with E-state index in [-0.39, 0.29) is 0 Å². The molecule has 1 aliphatic rings. The van der Waals surface area contributed by atoms with Gasteiger partial charge in [-0.2, -0.15) is 5.10 Å². The number of nitrogens with one attached hydrogen (secondary N) is 1. The minimum atomic E-state index is 0.306. The molecule has 1 fully saturated rings. The molecule has 0 radical (unpaired) electrons. The number of aryl methyl sites for hydroxylation is 1. The van der Waals surface area contributed by atoms with Crippen molar-refractivity contribution in [3.63, 3.8) is 0 Å². The first kappa shape index (κ1) is 22.0. The van der Waals surface area contributed by atoms with E-state index < -0.39 is 0 Å². The van der Waals surface area contributed by atoms with Crippen LogP contribution in [-0.2, 0) is 6.54 Å². The van der Waals surface area contributed by atoms with Crippen LogP contribution in [0.2, 0.25) is 0 Å². The van der Waals surface area contributed by atoms with E-state index in [4.69, 9.17) is 4.98 Å². The number of pyridine rings is 1. The van der Waals surface area contributed by atoms with Gasteiger partial charge in [0, 0.05) is 42.1 Å². The molecule has 0 spiro atoms. The van der Waals surface area contributed by atoms with E-state index in [2.05, 4.69) is 65.0 Å². The number of carbonyl (C=O) groups excluding carboxylic acids is 1. The Hall–Kier alpha value is -3.25. The van der Waals surface area contributed by atoms with Gasteiger partial charge in [-0.25, -0.2) is 4.98 Å². The molecule has 1 saturated heterocycles. The van der Waals surface area contributed by atoms with Gasteiger partial charge in [-0.05, 0) is 64.4 Å². The number of aromatic nitrogens is 4. The zero-order valence-corrected chi connectivity index (χ0v) is 19.2. The van der Waals surface area contributed by atoms with Gasteiger partial charge in [0.2, 0.25) is 0 Å². The molecule has 5 rings (SSSR count). The van der Waals surface area contributed by atoms with Crippen molar-refractivity contribution in [2.24, 2.45) is 5.92 Å². The van der Waals surface area contributed by atoms with Gasteiger partial charge in [0.15, 0.2) is 0 Å². The van der Waals surface area contributed by atoms with Crippen LogP contribution in [0.15, 0.2) is 61.1 Å². The average molecular weight is 430 g/mol. The first-order valence-electron chi connectivity index (χ1n) is 11.0. The third kappa shape index (κ3) is 4.81. The molecule has 1 aromatic carbocycles. The number of aldehydes is 1. The highest BCUT2D eigenvalue weighted by Gasteiger charge is 2.35. The number of fused-ring (bicyclic) bond motifs is 1. The highest BCUT2D eigenvalue weighted by Crippen LogP contribution is 2.32. The molecular weight excluding hydrogens is 398 g/mol. The van der Waals surface area contributed by atoms with Gasteiger partial charge < -0.3 is 9.47 Å². The number of nitrogens with zero attached hydrogens (tertiary/aromatic N) is 4. The predicted octanol–water partition coefficient (Wildman–Crippen LogP) is 4.96. The van der Waals surface area contributed by atoms with Crippen molar-refractivity contribution < 1.29 is 4.79 Å². The lowest BCUT2D eigenvalue weighted by Crippen LogP contribution is -2.34. The summed E-state index contributed by atoms with van der Waals surface area (Å²) in [5, 5.41) is 6.84. The molecule has 1 N–H and O–H groups in total. The summed E-state index contributed by atoms with van der Waals surface area (Å²) in [4.78, 5) is 17.4. The number of hydrogen-bond donors (Lipinski definition) is 1. The van der Waals surface area contributed by atoms with Crippen LogP contribution in [0.3, 0.4) is 0 Å². The van der Waals surface area contributed by atoms with E-state index >= 15 is 0 Å². The molecule has 6 heteroatoms. The van der Waals surface area contributed by atoms with Crippen LogP contribution in [0.4, 0.5) is 0 Å². The summed E-state index contributed by atoms with van der Waals surface area (Å²) in [7, 11) is 2.23. The van der Waals surface area contributed by atoms with Crippen molar-refractivity contribution >= 4 is 17.3 Å². The van der Waals surface area contributed by atoms with Gasteiger partial charge >= 0.3 is 0 Å². The summed E-state index contributed by atoms with van der Waals surface area (Å²) >= 11 is 0. The van der Waals surface area contributed by atoms with Crippen molar-refractivity contribution in [1.29, 1.82) is 0 Å². The zero-order valence-electron chi connectivity index (χ0n) is 19.2. The Morgan fingerprint density at radius 3 is 2.69 bits per heavy atom. The summed E-state index contributed by atoms with van der Waals surface area (Å²) < 4.78 is 2.35. The Morgan fingerprint density at radius 2 is 2.06 bits per heavy atom. The summed E-state index contributed by atoms with van der Waals surface area (Å²) in [5.41, 5.74) is 6.43. The molecule has 6 nitrogen and oxygen atoms in total. The fraction of sp³-hybridized carbons (Fsp3) is 0.346. The van der Waals surface area contributed by atoms with Crippen LogP contribution < -0.4 is 0 Å². The number of carbonyl (C=O) groups is 1. The van der Waals surface area contributed by atoms with Crippen molar-refractivity contribution in [3.8, 4) is 11.3 Å². The quantitative estimate of drug-likeness (QED) is 0.466. The lowest BCUT2D eigenvalue weighted by Gasteiger charge is -2.26. The summed E-state index contributed by atoms with van der Waals surface area (Å²) in [5.74, 6) is 0.694. The average Bonchev–Trinajstić information content (AvgIpc) is 3.49. The Kier molecular flexibility index (Phi) is 6.24. The van der Waals surface area contributed by atoms with Crippen molar-refractivity contribution in [3.05, 3.63) is 72.2 Å². The fourth-order valence-electron chi connectivity index (χ4n) is 4.49. The Morgan fingerprint density at radius 1 is 1.22 bits per heavy atom. The van der Waals surface area contributed by atoms with Crippen LogP contribution in [0, 0.1) is 12.8 Å². The molecule has 0 aliphatic carbocycles. The lowest BCUT2D eigenvalue weighted by molar-refractivity contribution is 0.112. The molecule has 1 unspecified atom stereocenters. The maximum Gasteiger partial charge on any atom is 0.150 e. The highest BCUT2D eigenvalue weighted by atomic mass is 16.1. The van der Waals surface area contributed by atoms with E-state index in [1.54, 1.807) is 6.07 Å². The molecular formula is C26H31N5O. The number of hydrogen-bond acceptors (Lipinski definition) is 4. The SMILES string of the molecule is CN1CC(Cn2ccc3nc(-c4cn[nH]c4)ccc32)CC1(C)C.Cc1cccc(C=O)c1. The second-order valence-corrected chi connectivity index (χ2v) is 9.35. The molecule has 4 aromatic rings. The van der Waals surface area contributed by atoms with Gasteiger partial charge in [-0.1, -0.05) is 23.8 Å². The maximum atomic E-state index is 10.2. The fourth-order valence-corrected chi connectivity index (χ4v) is 4.49. The Bertz CT molecular complexity index is 1190. The molecule has 0 amide bonds. The number of benzene rings is 1. The van der Waals surface area contributed by atoms with E-state index in [0.29, 0.717) is 11.5 Å². The second kappa shape index (κ2) is 9.09. The van der Waals surface area contributed by atoms with Gasteiger partial charge in [-0.3, -0.25) is 9.89 Å². The lowest BCUT2D eigenvalue weighted by atomic mass is 9.96. The molecule has 3 aromatic heterocycles. The normalized spacial score (nSPS) is 17.8. The van der Waals surface area contributed by atoms with E-state index in [9.17, 15) is 4.79 Å². The first-order valence-corrected chi connectivity index (χ1v) is 11.0. The summed E-state index contributed by atoms with van der Waals surface area (Å²) in [6.07, 6.45) is 7.95. The minimum absolute atomic E-state index is 0.306. The zero-order chi connectivity index (χ0) is 22.7. The van der Waals surface area contributed by atoms with Crippen LogP contribution >= 0.6 is 0 Å². The third-order valence-corrected chi connectivity index (χ3v) is 6.40. The number of likely N-dealkylation sites (tertiary alicyclic amines) is 1. The van der Waals surface area contributed by atoms with Crippen molar-refractivity contribution in [2.75, 3.05) is 13.6 Å². The van der Waals surface area contributed by atoms with Gasteiger partial charge in [-0.15, -0.1) is 0 Å². The Labute approximate surface area is 189 Å². The van der Waals surface area contributed by atoms with Crippen molar-refractivity contribution in [1.82, 2.24) is 24.6 Å². The van der Waals surface area contributed by atoms with Gasteiger partial charge in [0.25, 0.3) is 0 Å². The van der Waals surface area contributed by atoms with Crippen LogP contribution in [0.1, 0.15) is 36.2 Å².